The van der Waals surface area contributed by atoms with Crippen molar-refractivity contribution in [3.8, 4) is 0 Å². The van der Waals surface area contributed by atoms with Crippen LogP contribution in [0.15, 0.2) is 32.7 Å². The van der Waals surface area contributed by atoms with Gasteiger partial charge in [0.25, 0.3) is 0 Å². The summed E-state index contributed by atoms with van der Waals surface area (Å²) in [7, 11) is 0. The summed E-state index contributed by atoms with van der Waals surface area (Å²) in [5, 5.41) is 18.6. The van der Waals surface area contributed by atoms with Crippen molar-refractivity contribution in [3.63, 3.8) is 0 Å². The van der Waals surface area contributed by atoms with E-state index in [9.17, 15) is 9.90 Å². The number of aromatic nitrogens is 3. The minimum absolute atomic E-state index is 0.278. The number of hydrogen-bond donors (Lipinski definition) is 1. The fraction of sp³-hybridized carbons (Fsp3) is 0.357. The van der Waals surface area contributed by atoms with Gasteiger partial charge in [-0.25, -0.2) is 4.79 Å². The van der Waals surface area contributed by atoms with Crippen LogP contribution in [0.1, 0.15) is 35.4 Å². The first-order valence-electron chi connectivity index (χ1n) is 6.78. The Balaban J connectivity index is 1.94. The van der Waals surface area contributed by atoms with E-state index >= 15 is 0 Å². The minimum Gasteiger partial charge on any atom is -0.478 e. The van der Waals surface area contributed by atoms with Gasteiger partial charge in [-0.3, -0.25) is 0 Å². The molecule has 0 spiro atoms. The largest absolute Gasteiger partial charge is 0.478 e. The fourth-order valence-corrected chi connectivity index (χ4v) is 3.73. The summed E-state index contributed by atoms with van der Waals surface area (Å²) in [6.45, 7) is 0.906. The van der Waals surface area contributed by atoms with Gasteiger partial charge in [0.1, 0.15) is 5.82 Å². The maximum atomic E-state index is 11.4. The number of halogens is 1. The van der Waals surface area contributed by atoms with Crippen molar-refractivity contribution in [1.29, 1.82) is 0 Å². The molecule has 0 unspecified atom stereocenters. The molecule has 110 valence electrons. The van der Waals surface area contributed by atoms with Crippen LogP contribution in [-0.4, -0.2) is 25.8 Å². The molecule has 0 saturated carbocycles. The summed E-state index contributed by atoms with van der Waals surface area (Å²) < 4.78 is 2.87. The van der Waals surface area contributed by atoms with Gasteiger partial charge in [0.15, 0.2) is 5.16 Å². The lowest BCUT2D eigenvalue weighted by molar-refractivity contribution is 0.0693. The minimum atomic E-state index is -0.936. The Labute approximate surface area is 134 Å². The number of hydrogen-bond acceptors (Lipinski definition) is 4. The molecule has 0 radical (unpaired) electrons. The highest BCUT2D eigenvalue weighted by Crippen LogP contribution is 2.32. The molecule has 5 nitrogen and oxygen atoms in total. The number of rotatable bonds is 3. The monoisotopic (exact) mass is 367 g/mol. The van der Waals surface area contributed by atoms with Crippen LogP contribution in [0.5, 0.6) is 0 Å². The highest BCUT2D eigenvalue weighted by atomic mass is 79.9. The first kappa shape index (κ1) is 14.6. The lowest BCUT2D eigenvalue weighted by atomic mass is 10.2. The number of benzene rings is 1. The number of aryl methyl sites for hydroxylation is 1. The first-order valence-corrected chi connectivity index (χ1v) is 8.39. The van der Waals surface area contributed by atoms with Crippen molar-refractivity contribution < 1.29 is 9.90 Å². The molecule has 0 bridgehead atoms. The van der Waals surface area contributed by atoms with Crippen LogP contribution in [-0.2, 0) is 13.0 Å². The summed E-state index contributed by atoms with van der Waals surface area (Å²) in [6, 6.07) is 5.26. The van der Waals surface area contributed by atoms with Gasteiger partial charge in [-0.2, -0.15) is 0 Å². The van der Waals surface area contributed by atoms with Crippen molar-refractivity contribution in [1.82, 2.24) is 14.8 Å². The molecule has 1 aliphatic heterocycles. The molecule has 0 fully saturated rings. The Morgan fingerprint density at radius 3 is 2.95 bits per heavy atom. The molecule has 2 aromatic rings. The molecular formula is C14H14BrN3O2S. The molecule has 0 atom stereocenters. The van der Waals surface area contributed by atoms with E-state index in [1.54, 1.807) is 12.1 Å². The molecule has 1 N–H and O–H groups in total. The van der Waals surface area contributed by atoms with E-state index in [2.05, 4.69) is 30.7 Å². The van der Waals surface area contributed by atoms with Crippen molar-refractivity contribution in [2.75, 3.05) is 0 Å². The van der Waals surface area contributed by atoms with Gasteiger partial charge < -0.3 is 9.67 Å². The van der Waals surface area contributed by atoms with E-state index in [-0.39, 0.29) is 5.56 Å². The second-order valence-corrected chi connectivity index (χ2v) is 6.83. The molecule has 3 rings (SSSR count). The van der Waals surface area contributed by atoms with Crippen LogP contribution < -0.4 is 0 Å². The molecule has 0 amide bonds. The zero-order valence-corrected chi connectivity index (χ0v) is 13.7. The number of aromatic carboxylic acids is 1. The predicted molar refractivity (Wildman–Crippen MR) is 82.8 cm³/mol. The van der Waals surface area contributed by atoms with Crippen LogP contribution in [0, 0.1) is 0 Å². The normalized spacial score (nSPS) is 14.5. The quantitative estimate of drug-likeness (QED) is 0.896. The smallest absolute Gasteiger partial charge is 0.336 e. The van der Waals surface area contributed by atoms with Crippen LogP contribution in [0.25, 0.3) is 0 Å². The van der Waals surface area contributed by atoms with E-state index in [0.29, 0.717) is 4.90 Å². The standard InChI is InChI=1S/C14H14BrN3O2S/c15-9-5-6-11(10(8-9)13(19)20)21-14-17-16-12-4-2-1-3-7-18(12)14/h5-6,8H,1-4,7H2,(H,19,20). The second kappa shape index (κ2) is 6.19. The maximum absolute atomic E-state index is 11.4. The fourth-order valence-electron chi connectivity index (χ4n) is 2.39. The Morgan fingerprint density at radius 1 is 1.29 bits per heavy atom. The van der Waals surface area contributed by atoms with Gasteiger partial charge in [0.2, 0.25) is 0 Å². The number of carboxylic acids is 1. The third-order valence-electron chi connectivity index (χ3n) is 3.45. The maximum Gasteiger partial charge on any atom is 0.336 e. The van der Waals surface area contributed by atoms with E-state index in [4.69, 9.17) is 0 Å². The van der Waals surface area contributed by atoms with E-state index in [1.165, 1.54) is 18.2 Å². The Bertz CT molecular complexity index is 687. The van der Waals surface area contributed by atoms with Gasteiger partial charge in [-0.05, 0) is 42.8 Å². The summed E-state index contributed by atoms with van der Waals surface area (Å²) >= 11 is 4.68. The zero-order chi connectivity index (χ0) is 14.8. The van der Waals surface area contributed by atoms with Crippen LogP contribution >= 0.6 is 27.7 Å². The van der Waals surface area contributed by atoms with Crippen LogP contribution in [0.3, 0.4) is 0 Å². The van der Waals surface area contributed by atoms with Gasteiger partial charge in [-0.15, -0.1) is 10.2 Å². The molecule has 0 saturated heterocycles. The summed E-state index contributed by atoms with van der Waals surface area (Å²) in [5.74, 6) is 0.0680. The van der Waals surface area contributed by atoms with E-state index in [1.807, 2.05) is 6.07 Å². The van der Waals surface area contributed by atoms with Gasteiger partial charge in [-0.1, -0.05) is 22.4 Å². The molecular weight excluding hydrogens is 354 g/mol. The lowest BCUT2D eigenvalue weighted by Gasteiger charge is -2.08. The first-order chi connectivity index (χ1) is 10.1. The highest BCUT2D eigenvalue weighted by molar-refractivity contribution is 9.10. The van der Waals surface area contributed by atoms with E-state index < -0.39 is 5.97 Å². The number of carbonyl (C=O) groups is 1. The van der Waals surface area contributed by atoms with Crippen molar-refractivity contribution in [2.24, 2.45) is 0 Å². The zero-order valence-electron chi connectivity index (χ0n) is 11.3. The van der Waals surface area contributed by atoms with E-state index in [0.717, 1.165) is 41.3 Å². The molecule has 1 aromatic heterocycles. The third kappa shape index (κ3) is 3.13. The molecule has 1 aromatic carbocycles. The topological polar surface area (TPSA) is 68.0 Å². The number of nitrogens with zero attached hydrogens (tertiary/aromatic N) is 3. The second-order valence-electron chi connectivity index (χ2n) is 4.91. The molecule has 7 heteroatoms. The van der Waals surface area contributed by atoms with Gasteiger partial charge in [0, 0.05) is 22.3 Å². The summed E-state index contributed by atoms with van der Waals surface area (Å²) in [5.41, 5.74) is 0.278. The van der Waals surface area contributed by atoms with Gasteiger partial charge in [0.05, 0.1) is 5.56 Å². The average Bonchev–Trinajstić information content (AvgIpc) is 2.69. The molecule has 1 aliphatic rings. The lowest BCUT2D eigenvalue weighted by Crippen LogP contribution is -2.03. The average molecular weight is 368 g/mol. The van der Waals surface area contributed by atoms with Crippen molar-refractivity contribution in [3.05, 3.63) is 34.1 Å². The molecule has 2 heterocycles. The third-order valence-corrected chi connectivity index (χ3v) is 5.00. The van der Waals surface area contributed by atoms with Crippen LogP contribution in [0.4, 0.5) is 0 Å². The molecule has 0 aliphatic carbocycles. The predicted octanol–water partition coefficient (Wildman–Crippen LogP) is 3.62. The number of fused-ring (bicyclic) bond motifs is 1. The van der Waals surface area contributed by atoms with Crippen molar-refractivity contribution >= 4 is 33.7 Å². The number of carboxylic acid groups (broad SMARTS) is 1. The Kier molecular flexibility index (Phi) is 4.30. The summed E-state index contributed by atoms with van der Waals surface area (Å²) in [4.78, 5) is 12.1. The van der Waals surface area contributed by atoms with Crippen molar-refractivity contribution in [2.45, 2.75) is 42.3 Å². The van der Waals surface area contributed by atoms with Crippen LogP contribution in [0.2, 0.25) is 0 Å². The highest BCUT2D eigenvalue weighted by Gasteiger charge is 2.18. The Hall–Kier alpha value is -1.34. The SMILES string of the molecule is O=C(O)c1cc(Br)ccc1Sc1nnc2n1CCCCC2. The molecule has 21 heavy (non-hydrogen) atoms. The Morgan fingerprint density at radius 2 is 2.14 bits per heavy atom. The summed E-state index contributed by atoms with van der Waals surface area (Å²) in [6.07, 6.45) is 4.40. The van der Waals surface area contributed by atoms with Gasteiger partial charge >= 0.3 is 5.97 Å².